The molecule has 1 aromatic carbocycles. The third kappa shape index (κ3) is 12.0. The first-order valence-electron chi connectivity index (χ1n) is 8.71. The third-order valence-electron chi connectivity index (χ3n) is 3.85. The van der Waals surface area contributed by atoms with Gasteiger partial charge in [0.15, 0.2) is 0 Å². The summed E-state index contributed by atoms with van der Waals surface area (Å²) in [7, 11) is -4.43. The van der Waals surface area contributed by atoms with Crippen molar-refractivity contribution in [3.05, 3.63) is 30.3 Å². The zero-order chi connectivity index (χ0) is 17.8. The van der Waals surface area contributed by atoms with E-state index in [1.807, 2.05) is 30.3 Å². The molecule has 138 valence electrons. The van der Waals surface area contributed by atoms with E-state index in [1.165, 1.54) is 32.6 Å². The Morgan fingerprint density at radius 1 is 1.04 bits per heavy atom. The molecule has 0 heterocycles. The number of ether oxygens (including phenoxy) is 2. The number of hydrogen-bond donors (Lipinski definition) is 0. The second-order valence-corrected chi connectivity index (χ2v) is 7.65. The van der Waals surface area contributed by atoms with E-state index in [0.29, 0.717) is 0 Å². The van der Waals surface area contributed by atoms with E-state index in [4.69, 9.17) is 9.47 Å². The van der Waals surface area contributed by atoms with Crippen LogP contribution in [0, 0.1) is 0 Å². The van der Waals surface area contributed by atoms with Crippen molar-refractivity contribution in [2.24, 2.45) is 0 Å². The molecule has 0 fully saturated rings. The monoisotopic (exact) mass is 380 g/mol. The van der Waals surface area contributed by atoms with Crippen LogP contribution in [-0.4, -0.2) is 31.1 Å². The maximum atomic E-state index is 10.9. The molecule has 0 saturated heterocycles. The average Bonchev–Trinajstić information content (AvgIpc) is 2.55. The fraction of sp³-hybridized carbons (Fsp3) is 0.667. The van der Waals surface area contributed by atoms with E-state index in [-0.39, 0.29) is 42.3 Å². The van der Waals surface area contributed by atoms with Crippen LogP contribution >= 0.6 is 0 Å². The molecule has 0 N–H and O–H groups in total. The van der Waals surface area contributed by atoms with Crippen molar-refractivity contribution < 1.29 is 52.0 Å². The normalized spacial score (nSPS) is 13.7. The van der Waals surface area contributed by atoms with Gasteiger partial charge < -0.3 is 14.0 Å². The van der Waals surface area contributed by atoms with Gasteiger partial charge in [-0.25, -0.2) is 8.42 Å². The van der Waals surface area contributed by atoms with E-state index in [1.54, 1.807) is 0 Å². The fourth-order valence-electron chi connectivity index (χ4n) is 2.35. The Bertz CT molecular complexity index is 536. The molecular formula is C18H29NaO5S. The van der Waals surface area contributed by atoms with Gasteiger partial charge in [0.1, 0.15) is 27.4 Å². The van der Waals surface area contributed by atoms with Gasteiger partial charge in [-0.1, -0.05) is 57.2 Å². The zero-order valence-electron chi connectivity index (χ0n) is 15.6. The Morgan fingerprint density at radius 2 is 1.64 bits per heavy atom. The fourth-order valence-corrected chi connectivity index (χ4v) is 2.59. The van der Waals surface area contributed by atoms with Gasteiger partial charge in [-0.15, -0.1) is 0 Å². The summed E-state index contributed by atoms with van der Waals surface area (Å²) in [4.78, 5) is 0. The second kappa shape index (κ2) is 14.0. The minimum absolute atomic E-state index is 0. The van der Waals surface area contributed by atoms with Crippen molar-refractivity contribution in [3.63, 3.8) is 0 Å². The minimum Gasteiger partial charge on any atom is -0.746 e. The van der Waals surface area contributed by atoms with E-state index in [0.717, 1.165) is 25.0 Å². The summed E-state index contributed by atoms with van der Waals surface area (Å²) in [5.41, 5.74) is -1.36. The van der Waals surface area contributed by atoms with E-state index in [2.05, 4.69) is 6.92 Å². The van der Waals surface area contributed by atoms with Gasteiger partial charge in [-0.05, 0) is 31.9 Å². The minimum atomic E-state index is -4.43. The summed E-state index contributed by atoms with van der Waals surface area (Å²) in [5, 5.41) is 0. The summed E-state index contributed by atoms with van der Waals surface area (Å²) in [6.45, 7) is 3.53. The van der Waals surface area contributed by atoms with E-state index < -0.39 is 15.6 Å². The van der Waals surface area contributed by atoms with Crippen molar-refractivity contribution in [2.75, 3.05) is 6.61 Å². The van der Waals surface area contributed by atoms with Crippen LogP contribution in [0.25, 0.3) is 0 Å². The molecular weight excluding hydrogens is 351 g/mol. The Balaban J connectivity index is 0.00000576. The number of benzene rings is 1. The molecule has 0 aliphatic heterocycles. The van der Waals surface area contributed by atoms with Gasteiger partial charge in [-0.2, -0.15) is 0 Å². The molecule has 7 heteroatoms. The second-order valence-electron chi connectivity index (χ2n) is 6.00. The Morgan fingerprint density at radius 3 is 2.24 bits per heavy atom. The van der Waals surface area contributed by atoms with Crippen LogP contribution < -0.4 is 34.3 Å². The zero-order valence-corrected chi connectivity index (χ0v) is 18.5. The van der Waals surface area contributed by atoms with E-state index in [9.17, 15) is 13.0 Å². The summed E-state index contributed by atoms with van der Waals surface area (Å²) in [6.07, 6.45) is 7.52. The maximum Gasteiger partial charge on any atom is 1.00 e. The molecule has 0 radical (unpaired) electrons. The van der Waals surface area contributed by atoms with E-state index >= 15 is 0 Å². The Labute approximate surface area is 174 Å². The average molecular weight is 380 g/mol. The van der Waals surface area contributed by atoms with Crippen molar-refractivity contribution in [1.82, 2.24) is 0 Å². The van der Waals surface area contributed by atoms with Gasteiger partial charge in [0.25, 0.3) is 0 Å². The molecule has 0 aliphatic rings. The SMILES string of the molecule is CCCCCCCCC(COC(C)S(=O)(=O)[O-])Oc1ccccc1.[Na+]. The quantitative estimate of drug-likeness (QED) is 0.291. The molecule has 25 heavy (non-hydrogen) atoms. The van der Waals surface area contributed by atoms with Gasteiger partial charge in [0.05, 0.1) is 6.61 Å². The molecule has 0 aromatic heterocycles. The van der Waals surface area contributed by atoms with Crippen molar-refractivity contribution in [3.8, 4) is 5.75 Å². The molecule has 0 amide bonds. The molecule has 0 saturated carbocycles. The topological polar surface area (TPSA) is 75.7 Å². The summed E-state index contributed by atoms with van der Waals surface area (Å²) >= 11 is 0. The Kier molecular flexibility index (Phi) is 13.9. The molecule has 0 bridgehead atoms. The molecule has 2 atom stereocenters. The van der Waals surface area contributed by atoms with Crippen molar-refractivity contribution in [2.45, 2.75) is 70.3 Å². The number of unbranched alkanes of at least 4 members (excludes halogenated alkanes) is 5. The predicted molar refractivity (Wildman–Crippen MR) is 94.0 cm³/mol. The summed E-state index contributed by atoms with van der Waals surface area (Å²) in [6, 6.07) is 9.35. The molecule has 2 unspecified atom stereocenters. The van der Waals surface area contributed by atoms with Crippen LogP contribution in [0.5, 0.6) is 5.75 Å². The molecule has 0 spiro atoms. The number of para-hydroxylation sites is 1. The van der Waals surface area contributed by atoms with Crippen molar-refractivity contribution >= 4 is 10.1 Å². The standard InChI is InChI=1S/C18H30O5S.Na/c1-3-4-5-6-7-9-14-18(15-22-16(2)24(19,20)21)23-17-12-10-8-11-13-17;/h8,10-13,16,18H,3-7,9,14-15H2,1-2H3,(H,19,20,21);/q;+1/p-1. The Hall–Kier alpha value is -0.110. The number of rotatable bonds is 13. The van der Waals surface area contributed by atoms with Crippen LogP contribution in [0.4, 0.5) is 0 Å². The van der Waals surface area contributed by atoms with Gasteiger partial charge in [0.2, 0.25) is 0 Å². The maximum absolute atomic E-state index is 10.9. The first-order valence-corrected chi connectivity index (χ1v) is 10.2. The first kappa shape index (κ1) is 24.9. The van der Waals surface area contributed by atoms with Crippen molar-refractivity contribution in [1.29, 1.82) is 0 Å². The van der Waals surface area contributed by atoms with Crippen LogP contribution in [0.1, 0.15) is 58.8 Å². The number of hydrogen-bond acceptors (Lipinski definition) is 5. The first-order chi connectivity index (χ1) is 11.4. The van der Waals surface area contributed by atoms with Crippen LogP contribution in [0.2, 0.25) is 0 Å². The molecule has 1 aromatic rings. The molecule has 5 nitrogen and oxygen atoms in total. The summed E-state index contributed by atoms with van der Waals surface area (Å²) < 4.78 is 43.9. The molecule has 1 rings (SSSR count). The molecule has 0 aliphatic carbocycles. The van der Waals surface area contributed by atoms with Crippen LogP contribution in [0.15, 0.2) is 30.3 Å². The van der Waals surface area contributed by atoms with Crippen LogP contribution in [0.3, 0.4) is 0 Å². The van der Waals surface area contributed by atoms with Gasteiger partial charge in [0, 0.05) is 0 Å². The predicted octanol–water partition coefficient (Wildman–Crippen LogP) is 1.10. The third-order valence-corrected chi connectivity index (χ3v) is 4.80. The van der Waals surface area contributed by atoms with Gasteiger partial charge in [-0.3, -0.25) is 0 Å². The van der Waals surface area contributed by atoms with Crippen LogP contribution in [-0.2, 0) is 14.9 Å². The summed E-state index contributed by atoms with van der Waals surface area (Å²) in [5.74, 6) is 0.717. The van der Waals surface area contributed by atoms with Gasteiger partial charge >= 0.3 is 29.6 Å². The largest absolute Gasteiger partial charge is 1.00 e. The smallest absolute Gasteiger partial charge is 0.746 e.